The molecule has 1 atom stereocenters. The molecule has 3 aromatic rings. The van der Waals surface area contributed by atoms with Crippen LogP contribution >= 0.6 is 11.3 Å². The second-order valence-corrected chi connectivity index (χ2v) is 10.8. The summed E-state index contributed by atoms with van der Waals surface area (Å²) in [4.78, 5) is 29.2. The van der Waals surface area contributed by atoms with E-state index in [2.05, 4.69) is 19.2 Å². The van der Waals surface area contributed by atoms with Gasteiger partial charge in [0.2, 0.25) is 5.91 Å². The first-order valence-corrected chi connectivity index (χ1v) is 12.5. The van der Waals surface area contributed by atoms with E-state index in [9.17, 15) is 14.7 Å². The van der Waals surface area contributed by atoms with Crippen LogP contribution in [0.5, 0.6) is 11.5 Å². The Bertz CT molecular complexity index is 1330. The van der Waals surface area contributed by atoms with Gasteiger partial charge in [-0.15, -0.1) is 11.3 Å². The number of rotatable bonds is 4. The Kier molecular flexibility index (Phi) is 5.89. The average molecular weight is 489 g/mol. The van der Waals surface area contributed by atoms with Crippen molar-refractivity contribution < 1.29 is 19.4 Å². The highest BCUT2D eigenvalue weighted by Crippen LogP contribution is 2.52. The molecule has 2 aromatic carbocycles. The van der Waals surface area contributed by atoms with Crippen molar-refractivity contribution in [3.63, 3.8) is 0 Å². The van der Waals surface area contributed by atoms with Crippen LogP contribution in [-0.2, 0) is 16.2 Å². The van der Waals surface area contributed by atoms with E-state index in [1.54, 1.807) is 23.1 Å². The standard InChI is InChI=1S/C28H28N2O4S/c1-17(31)30-20-10-7-11-21(32)25(20)29-19-14-28(2,3)15-22(33)24(19)26(30)27-23(12-13-35-27)34-16-18-8-5-4-6-9-18/h4-13,26,29,32H,14-16H2,1-3H3. The van der Waals surface area contributed by atoms with E-state index in [1.165, 1.54) is 18.3 Å². The number of aromatic hydroxyl groups is 1. The number of Topliss-reactive ketones (excluding diaryl/α,β-unsaturated/α-hetero) is 1. The van der Waals surface area contributed by atoms with E-state index < -0.39 is 6.04 Å². The number of ether oxygens (including phenoxy) is 1. The molecule has 1 aliphatic heterocycles. The van der Waals surface area contributed by atoms with Gasteiger partial charge in [0.15, 0.2) is 5.78 Å². The van der Waals surface area contributed by atoms with Crippen molar-refractivity contribution in [2.45, 2.75) is 46.3 Å². The molecule has 35 heavy (non-hydrogen) atoms. The highest BCUT2D eigenvalue weighted by Gasteiger charge is 2.44. The van der Waals surface area contributed by atoms with Gasteiger partial charge in [-0.25, -0.2) is 0 Å². The Morgan fingerprint density at radius 2 is 1.91 bits per heavy atom. The zero-order valence-electron chi connectivity index (χ0n) is 20.0. The van der Waals surface area contributed by atoms with Crippen LogP contribution in [0.15, 0.2) is 71.2 Å². The van der Waals surface area contributed by atoms with Gasteiger partial charge in [-0.05, 0) is 41.0 Å². The van der Waals surface area contributed by atoms with E-state index in [1.807, 2.05) is 41.8 Å². The van der Waals surface area contributed by atoms with E-state index in [-0.39, 0.29) is 22.9 Å². The lowest BCUT2D eigenvalue weighted by atomic mass is 9.74. The Balaban J connectivity index is 1.67. The second-order valence-electron chi connectivity index (χ2n) is 9.84. The quantitative estimate of drug-likeness (QED) is 0.428. The van der Waals surface area contributed by atoms with Crippen LogP contribution in [0.2, 0.25) is 0 Å². The average Bonchev–Trinajstić information content (AvgIpc) is 3.20. The molecule has 0 bridgehead atoms. The monoisotopic (exact) mass is 488 g/mol. The highest BCUT2D eigenvalue weighted by molar-refractivity contribution is 7.10. The number of amides is 1. The van der Waals surface area contributed by atoms with Crippen molar-refractivity contribution in [3.05, 3.63) is 81.7 Å². The van der Waals surface area contributed by atoms with Crippen molar-refractivity contribution in [3.8, 4) is 11.5 Å². The number of anilines is 2. The molecular weight excluding hydrogens is 460 g/mol. The molecule has 7 heteroatoms. The van der Waals surface area contributed by atoms with Crippen molar-refractivity contribution >= 4 is 34.4 Å². The van der Waals surface area contributed by atoms with Gasteiger partial charge >= 0.3 is 0 Å². The molecule has 0 fully saturated rings. The number of thiophene rings is 1. The predicted octanol–water partition coefficient (Wildman–Crippen LogP) is 6.20. The number of hydrogen-bond donors (Lipinski definition) is 2. The van der Waals surface area contributed by atoms with Crippen LogP contribution in [-0.4, -0.2) is 16.8 Å². The SMILES string of the molecule is CC(=O)N1c2cccc(O)c2NC2=C(C(=O)CC(C)(C)C2)C1c1sccc1OCc1ccccc1. The predicted molar refractivity (Wildman–Crippen MR) is 138 cm³/mol. The molecule has 0 spiro atoms. The molecule has 0 saturated carbocycles. The Morgan fingerprint density at radius 3 is 2.66 bits per heavy atom. The van der Waals surface area contributed by atoms with E-state index in [4.69, 9.17) is 4.74 Å². The Labute approximate surface area is 208 Å². The second kappa shape index (κ2) is 8.89. The number of benzene rings is 2. The van der Waals surface area contributed by atoms with Gasteiger partial charge in [-0.2, -0.15) is 0 Å². The van der Waals surface area contributed by atoms with Crippen molar-refractivity contribution in [1.82, 2.24) is 0 Å². The summed E-state index contributed by atoms with van der Waals surface area (Å²) in [5.41, 5.74) is 3.05. The van der Waals surface area contributed by atoms with Gasteiger partial charge in [-0.1, -0.05) is 50.2 Å². The molecule has 2 aliphatic rings. The third-order valence-corrected chi connectivity index (χ3v) is 7.44. The summed E-state index contributed by atoms with van der Waals surface area (Å²) in [7, 11) is 0. The number of nitrogens with one attached hydrogen (secondary N) is 1. The summed E-state index contributed by atoms with van der Waals surface area (Å²) >= 11 is 1.46. The minimum absolute atomic E-state index is 0.00490. The third kappa shape index (κ3) is 4.32. The van der Waals surface area contributed by atoms with Crippen LogP contribution < -0.4 is 15.0 Å². The van der Waals surface area contributed by atoms with Crippen molar-refractivity contribution in [1.29, 1.82) is 0 Å². The van der Waals surface area contributed by atoms with Gasteiger partial charge in [0, 0.05) is 24.6 Å². The summed E-state index contributed by atoms with van der Waals surface area (Å²) in [5, 5.41) is 16.0. The fraction of sp³-hybridized carbons (Fsp3) is 0.286. The van der Waals surface area contributed by atoms with Crippen molar-refractivity contribution in [2.75, 3.05) is 10.2 Å². The van der Waals surface area contributed by atoms with Crippen LogP contribution in [0.4, 0.5) is 11.4 Å². The number of fused-ring (bicyclic) bond motifs is 1. The van der Waals surface area contributed by atoms with Crippen LogP contribution in [0.1, 0.15) is 50.1 Å². The number of hydrogen-bond acceptors (Lipinski definition) is 6. The smallest absolute Gasteiger partial charge is 0.224 e. The maximum Gasteiger partial charge on any atom is 0.224 e. The number of phenols is 1. The zero-order chi connectivity index (χ0) is 24.7. The number of para-hydroxylation sites is 1. The number of allylic oxidation sites excluding steroid dienone is 1. The van der Waals surface area contributed by atoms with Gasteiger partial charge in [0.25, 0.3) is 0 Å². The largest absolute Gasteiger partial charge is 0.506 e. The van der Waals surface area contributed by atoms with Crippen LogP contribution in [0.3, 0.4) is 0 Å². The lowest BCUT2D eigenvalue weighted by molar-refractivity contribution is -0.118. The summed E-state index contributed by atoms with van der Waals surface area (Å²) in [6.07, 6.45) is 0.999. The van der Waals surface area contributed by atoms with Gasteiger partial charge in [0.1, 0.15) is 29.8 Å². The minimum atomic E-state index is -0.660. The number of ketones is 1. The normalized spacial score (nSPS) is 18.9. The Hall–Kier alpha value is -3.58. The lowest BCUT2D eigenvalue weighted by Crippen LogP contribution is -2.38. The maximum atomic E-state index is 13.7. The molecule has 2 heterocycles. The molecule has 0 saturated heterocycles. The molecule has 0 radical (unpaired) electrons. The van der Waals surface area contributed by atoms with E-state index >= 15 is 0 Å². The summed E-state index contributed by atoms with van der Waals surface area (Å²) in [5.74, 6) is 0.444. The first-order chi connectivity index (χ1) is 16.7. The summed E-state index contributed by atoms with van der Waals surface area (Å²) in [6.45, 7) is 5.98. The third-order valence-electron chi connectivity index (χ3n) is 6.49. The van der Waals surface area contributed by atoms with Crippen LogP contribution in [0.25, 0.3) is 0 Å². The molecule has 6 nitrogen and oxygen atoms in total. The van der Waals surface area contributed by atoms with Crippen molar-refractivity contribution in [2.24, 2.45) is 5.41 Å². The van der Waals surface area contributed by atoms with Gasteiger partial charge in [-0.3, -0.25) is 14.5 Å². The fourth-order valence-electron chi connectivity index (χ4n) is 5.00. The van der Waals surface area contributed by atoms with E-state index in [0.29, 0.717) is 42.1 Å². The number of phenolic OH excluding ortho intramolecular Hbond substituents is 1. The minimum Gasteiger partial charge on any atom is -0.506 e. The number of carbonyl (C=O) groups excluding carboxylic acids is 2. The molecule has 1 aromatic heterocycles. The molecule has 1 aliphatic carbocycles. The molecule has 5 rings (SSSR count). The highest BCUT2D eigenvalue weighted by atomic mass is 32.1. The van der Waals surface area contributed by atoms with Gasteiger partial charge in [0.05, 0.1) is 10.6 Å². The molecular formula is C28H28N2O4S. The number of nitrogens with zero attached hydrogens (tertiary/aromatic N) is 1. The molecule has 2 N–H and O–H groups in total. The summed E-state index contributed by atoms with van der Waals surface area (Å²) < 4.78 is 6.22. The van der Waals surface area contributed by atoms with Crippen LogP contribution in [0, 0.1) is 5.41 Å². The zero-order valence-corrected chi connectivity index (χ0v) is 20.8. The molecule has 1 amide bonds. The maximum absolute atomic E-state index is 13.7. The molecule has 1 unspecified atom stereocenters. The number of carbonyl (C=O) groups is 2. The lowest BCUT2D eigenvalue weighted by Gasteiger charge is -2.36. The van der Waals surface area contributed by atoms with Gasteiger partial charge < -0.3 is 15.2 Å². The topological polar surface area (TPSA) is 78.9 Å². The van der Waals surface area contributed by atoms with E-state index in [0.717, 1.165) is 16.1 Å². The first kappa shape index (κ1) is 23.2. The molecule has 180 valence electrons. The first-order valence-electron chi connectivity index (χ1n) is 11.6. The summed E-state index contributed by atoms with van der Waals surface area (Å²) in [6, 6.07) is 16.2. The Morgan fingerprint density at radius 1 is 1.14 bits per heavy atom. The fourth-order valence-corrected chi connectivity index (χ4v) is 5.94.